The predicted octanol–water partition coefficient (Wildman–Crippen LogP) is 2.87. The molecule has 1 aliphatic rings. The van der Waals surface area contributed by atoms with Gasteiger partial charge in [0.1, 0.15) is 5.75 Å². The molecule has 0 bridgehead atoms. The molecule has 18 heavy (non-hydrogen) atoms. The largest absolute Gasteiger partial charge is 0.489 e. The first kappa shape index (κ1) is 12.8. The van der Waals surface area contributed by atoms with Gasteiger partial charge in [0, 0.05) is 14.1 Å². The number of nitriles is 1. The molecule has 1 aromatic carbocycles. The van der Waals surface area contributed by atoms with E-state index in [0.717, 1.165) is 29.5 Å². The summed E-state index contributed by atoms with van der Waals surface area (Å²) < 4.78 is 5.74. The average molecular weight is 262 g/mol. The number of carbonyl (C=O) groups is 1. The maximum atomic E-state index is 11.7. The van der Waals surface area contributed by atoms with E-state index in [4.69, 9.17) is 10.00 Å². The molecule has 1 aliphatic carbocycles. The summed E-state index contributed by atoms with van der Waals surface area (Å²) in [5.41, 5.74) is 0.548. The zero-order chi connectivity index (χ0) is 13.1. The van der Waals surface area contributed by atoms with E-state index in [1.807, 2.05) is 0 Å². The third kappa shape index (κ3) is 3.17. The number of amides is 1. The van der Waals surface area contributed by atoms with Crippen LogP contribution in [-0.2, 0) is 0 Å². The van der Waals surface area contributed by atoms with Crippen molar-refractivity contribution >= 4 is 17.0 Å². The van der Waals surface area contributed by atoms with Crippen LogP contribution in [0.3, 0.4) is 0 Å². The summed E-state index contributed by atoms with van der Waals surface area (Å²) in [6.45, 7) is 0. The van der Waals surface area contributed by atoms with Crippen molar-refractivity contribution in [2.24, 2.45) is 0 Å². The minimum absolute atomic E-state index is 0.0552. The highest BCUT2D eigenvalue weighted by Crippen LogP contribution is 2.35. The molecule has 1 saturated carbocycles. The summed E-state index contributed by atoms with van der Waals surface area (Å²) in [7, 11) is 3.42. The second-order valence-electron chi connectivity index (χ2n) is 4.35. The second kappa shape index (κ2) is 5.32. The average Bonchev–Trinajstić information content (AvgIpc) is 3.15. The second-order valence-corrected chi connectivity index (χ2v) is 5.35. The minimum atomic E-state index is -0.0552. The minimum Gasteiger partial charge on any atom is -0.489 e. The highest BCUT2D eigenvalue weighted by molar-refractivity contribution is 8.13. The molecule has 0 heterocycles. The van der Waals surface area contributed by atoms with E-state index < -0.39 is 0 Å². The molecule has 1 amide bonds. The zero-order valence-electron chi connectivity index (χ0n) is 10.3. The molecule has 5 heteroatoms. The van der Waals surface area contributed by atoms with Crippen molar-refractivity contribution in [1.82, 2.24) is 4.90 Å². The van der Waals surface area contributed by atoms with Crippen LogP contribution in [0.2, 0.25) is 0 Å². The smallest absolute Gasteiger partial charge is 0.286 e. The number of carbonyl (C=O) groups excluding carboxylic acids is 1. The van der Waals surface area contributed by atoms with Gasteiger partial charge in [-0.15, -0.1) is 0 Å². The maximum absolute atomic E-state index is 11.7. The molecule has 0 radical (unpaired) electrons. The number of hydrogen-bond acceptors (Lipinski definition) is 4. The molecule has 94 valence electrons. The van der Waals surface area contributed by atoms with Crippen molar-refractivity contribution in [2.75, 3.05) is 14.1 Å². The number of rotatable bonds is 3. The Morgan fingerprint density at radius 2 is 2.22 bits per heavy atom. The van der Waals surface area contributed by atoms with Crippen molar-refractivity contribution in [1.29, 1.82) is 5.26 Å². The van der Waals surface area contributed by atoms with Crippen molar-refractivity contribution in [3.63, 3.8) is 0 Å². The van der Waals surface area contributed by atoms with Crippen molar-refractivity contribution < 1.29 is 9.53 Å². The van der Waals surface area contributed by atoms with Crippen LogP contribution in [0.15, 0.2) is 23.1 Å². The molecule has 0 spiro atoms. The lowest BCUT2D eigenvalue weighted by Gasteiger charge is -2.13. The first-order valence-corrected chi connectivity index (χ1v) is 6.51. The molecular formula is C13H14N2O2S. The summed E-state index contributed by atoms with van der Waals surface area (Å²) in [6, 6.07) is 7.24. The SMILES string of the molecule is CN(C)C(=O)Sc1ccc(C#N)cc1OC1CC1. The van der Waals surface area contributed by atoms with Gasteiger partial charge in [0.15, 0.2) is 0 Å². The summed E-state index contributed by atoms with van der Waals surface area (Å²) in [4.78, 5) is 14.0. The molecule has 0 aromatic heterocycles. The Balaban J connectivity index is 2.21. The monoisotopic (exact) mass is 262 g/mol. The standard InChI is InChI=1S/C13H14N2O2S/c1-15(2)13(16)18-12-6-3-9(8-14)7-11(12)17-10-4-5-10/h3,6-7,10H,4-5H2,1-2H3. The van der Waals surface area contributed by atoms with Gasteiger partial charge in [-0.05, 0) is 42.8 Å². The first-order valence-electron chi connectivity index (χ1n) is 5.70. The molecular weight excluding hydrogens is 248 g/mol. The van der Waals surface area contributed by atoms with Crippen molar-refractivity contribution in [3.05, 3.63) is 23.8 Å². The van der Waals surface area contributed by atoms with Gasteiger partial charge in [0.25, 0.3) is 5.24 Å². The molecule has 0 aliphatic heterocycles. The number of ether oxygens (including phenoxy) is 1. The van der Waals surface area contributed by atoms with E-state index in [-0.39, 0.29) is 11.3 Å². The van der Waals surface area contributed by atoms with Gasteiger partial charge in [-0.1, -0.05) is 0 Å². The summed E-state index contributed by atoms with van der Waals surface area (Å²) in [6.07, 6.45) is 2.33. The molecule has 1 fully saturated rings. The van der Waals surface area contributed by atoms with Crippen LogP contribution in [0, 0.1) is 11.3 Å². The maximum Gasteiger partial charge on any atom is 0.286 e. The lowest BCUT2D eigenvalue weighted by Crippen LogP contribution is -2.16. The van der Waals surface area contributed by atoms with Gasteiger partial charge >= 0.3 is 0 Å². The van der Waals surface area contributed by atoms with Gasteiger partial charge in [-0.25, -0.2) is 0 Å². The van der Waals surface area contributed by atoms with E-state index in [2.05, 4.69) is 6.07 Å². The van der Waals surface area contributed by atoms with Gasteiger partial charge in [0.2, 0.25) is 0 Å². The molecule has 0 unspecified atom stereocenters. The topological polar surface area (TPSA) is 53.3 Å². The highest BCUT2D eigenvalue weighted by atomic mass is 32.2. The Morgan fingerprint density at radius 1 is 1.50 bits per heavy atom. The Kier molecular flexibility index (Phi) is 3.78. The number of nitrogens with zero attached hydrogens (tertiary/aromatic N) is 2. The number of thioether (sulfide) groups is 1. The Morgan fingerprint density at radius 3 is 2.78 bits per heavy atom. The molecule has 4 nitrogen and oxygen atoms in total. The fraction of sp³-hybridized carbons (Fsp3) is 0.385. The fourth-order valence-electron chi connectivity index (χ4n) is 1.30. The Hall–Kier alpha value is -1.67. The van der Waals surface area contributed by atoms with E-state index >= 15 is 0 Å². The lowest BCUT2D eigenvalue weighted by molar-refractivity contribution is 0.241. The quantitative estimate of drug-likeness (QED) is 0.786. The lowest BCUT2D eigenvalue weighted by atomic mass is 10.2. The van der Waals surface area contributed by atoms with E-state index in [0.29, 0.717) is 11.3 Å². The Bertz CT molecular complexity index is 504. The van der Waals surface area contributed by atoms with Crippen LogP contribution >= 0.6 is 11.8 Å². The normalized spacial score (nSPS) is 13.8. The molecule has 0 saturated heterocycles. The summed E-state index contributed by atoms with van der Waals surface area (Å²) in [5, 5.41) is 8.83. The van der Waals surface area contributed by atoms with Gasteiger partial charge in [0.05, 0.1) is 22.6 Å². The van der Waals surface area contributed by atoms with Crippen LogP contribution in [0.4, 0.5) is 4.79 Å². The van der Waals surface area contributed by atoms with Crippen LogP contribution in [0.25, 0.3) is 0 Å². The van der Waals surface area contributed by atoms with E-state index in [1.54, 1.807) is 32.3 Å². The molecule has 0 atom stereocenters. The molecule has 0 N–H and O–H groups in total. The van der Waals surface area contributed by atoms with Crippen molar-refractivity contribution in [2.45, 2.75) is 23.8 Å². The van der Waals surface area contributed by atoms with E-state index in [1.165, 1.54) is 4.90 Å². The Labute approximate surface area is 111 Å². The third-order valence-corrected chi connectivity index (χ3v) is 3.55. The predicted molar refractivity (Wildman–Crippen MR) is 69.7 cm³/mol. The van der Waals surface area contributed by atoms with Crippen LogP contribution < -0.4 is 4.74 Å². The van der Waals surface area contributed by atoms with Gasteiger partial charge in [-0.3, -0.25) is 4.79 Å². The highest BCUT2D eigenvalue weighted by Gasteiger charge is 2.25. The van der Waals surface area contributed by atoms with Crippen LogP contribution in [0.1, 0.15) is 18.4 Å². The third-order valence-electron chi connectivity index (χ3n) is 2.45. The van der Waals surface area contributed by atoms with Crippen LogP contribution in [0.5, 0.6) is 5.75 Å². The number of benzene rings is 1. The zero-order valence-corrected chi connectivity index (χ0v) is 11.2. The van der Waals surface area contributed by atoms with Crippen LogP contribution in [-0.4, -0.2) is 30.3 Å². The molecule has 1 aromatic rings. The molecule has 2 rings (SSSR count). The van der Waals surface area contributed by atoms with Gasteiger partial charge < -0.3 is 9.64 Å². The number of hydrogen-bond donors (Lipinski definition) is 0. The summed E-state index contributed by atoms with van der Waals surface area (Å²) in [5.74, 6) is 0.636. The van der Waals surface area contributed by atoms with Gasteiger partial charge in [-0.2, -0.15) is 5.26 Å². The van der Waals surface area contributed by atoms with E-state index in [9.17, 15) is 4.79 Å². The summed E-state index contributed by atoms with van der Waals surface area (Å²) >= 11 is 1.12. The van der Waals surface area contributed by atoms with Crippen molar-refractivity contribution in [3.8, 4) is 11.8 Å². The fourth-order valence-corrected chi connectivity index (χ4v) is 2.02. The first-order chi connectivity index (χ1) is 8.60.